The second-order valence-corrected chi connectivity index (χ2v) is 11.0. The molecule has 0 aromatic rings. The number of hydrogen-bond donors (Lipinski definition) is 3. The molecule has 0 heterocycles. The highest BCUT2D eigenvalue weighted by molar-refractivity contribution is 5.92. The molecular weight excluding hydrogens is 368 g/mol. The van der Waals surface area contributed by atoms with Crippen molar-refractivity contribution in [2.75, 3.05) is 0 Å². The second-order valence-electron chi connectivity index (χ2n) is 11.0. The number of hydrogen-bond acceptors (Lipinski definition) is 4. The van der Waals surface area contributed by atoms with E-state index in [0.717, 1.165) is 51.4 Å². The van der Waals surface area contributed by atoms with Crippen LogP contribution >= 0.6 is 0 Å². The van der Waals surface area contributed by atoms with Crippen molar-refractivity contribution in [2.45, 2.75) is 90.8 Å². The van der Waals surface area contributed by atoms with E-state index in [1.54, 1.807) is 0 Å². The van der Waals surface area contributed by atoms with Gasteiger partial charge in [0.05, 0.1) is 5.41 Å². The van der Waals surface area contributed by atoms with Gasteiger partial charge in [-0.2, -0.15) is 0 Å². The molecule has 29 heavy (non-hydrogen) atoms. The Morgan fingerprint density at radius 2 is 1.86 bits per heavy atom. The standard InChI is InChI=1S/C24H38O5/c1-4-7-14(2)18-20(25)24(28,29)19-16-10-9-15-8-5-6-12-23(15,21(26)27)17(16)11-13-22(18,19)3/h14-19,28-29H,4-13H2,1-3H3,(H,26,27)/t14-,15?,16-,17+,18+,19+,22-,23-/m1/s1. The molecule has 164 valence electrons. The molecule has 4 saturated carbocycles. The molecule has 4 fully saturated rings. The number of rotatable bonds is 4. The number of aliphatic hydroxyl groups is 2. The van der Waals surface area contributed by atoms with Crippen LogP contribution in [0, 0.1) is 46.3 Å². The zero-order valence-corrected chi connectivity index (χ0v) is 18.2. The topological polar surface area (TPSA) is 94.8 Å². The molecule has 3 N–H and O–H groups in total. The van der Waals surface area contributed by atoms with Gasteiger partial charge in [-0.3, -0.25) is 9.59 Å². The van der Waals surface area contributed by atoms with E-state index in [0.29, 0.717) is 12.8 Å². The highest BCUT2D eigenvalue weighted by atomic mass is 16.5. The lowest BCUT2D eigenvalue weighted by molar-refractivity contribution is -0.236. The van der Waals surface area contributed by atoms with E-state index < -0.39 is 34.3 Å². The summed E-state index contributed by atoms with van der Waals surface area (Å²) in [5, 5.41) is 32.6. The predicted octanol–water partition coefficient (Wildman–Crippen LogP) is 4.01. The SMILES string of the molecule is CCC[C@@H](C)[C@H]1C(=O)C(O)(O)[C@H]2[C@@H]3CCC4CCCC[C@]4(C(=O)O)[C@H]3CC[C@]12C. The van der Waals surface area contributed by atoms with Gasteiger partial charge in [0.15, 0.2) is 5.78 Å². The number of ketones is 1. The van der Waals surface area contributed by atoms with Gasteiger partial charge in [0, 0.05) is 11.8 Å². The smallest absolute Gasteiger partial charge is 0.310 e. The van der Waals surface area contributed by atoms with Crippen LogP contribution in [0.4, 0.5) is 0 Å². The third kappa shape index (κ3) is 2.72. The minimum absolute atomic E-state index is 0.0520. The summed E-state index contributed by atoms with van der Waals surface area (Å²) in [6, 6.07) is 0. The maximum Gasteiger partial charge on any atom is 0.310 e. The summed E-state index contributed by atoms with van der Waals surface area (Å²) < 4.78 is 0. The van der Waals surface area contributed by atoms with Crippen LogP contribution in [0.15, 0.2) is 0 Å². The molecule has 0 aromatic carbocycles. The molecule has 0 spiro atoms. The normalized spacial score (nSPS) is 47.1. The van der Waals surface area contributed by atoms with Gasteiger partial charge >= 0.3 is 5.97 Å². The van der Waals surface area contributed by atoms with Gasteiger partial charge in [-0.15, -0.1) is 0 Å². The Morgan fingerprint density at radius 1 is 1.14 bits per heavy atom. The molecule has 0 saturated heterocycles. The summed E-state index contributed by atoms with van der Waals surface area (Å²) in [6.07, 6.45) is 8.71. The largest absolute Gasteiger partial charge is 0.481 e. The number of carbonyl (C=O) groups excluding carboxylic acids is 1. The van der Waals surface area contributed by atoms with Crippen LogP contribution in [0.2, 0.25) is 0 Å². The van der Waals surface area contributed by atoms with Gasteiger partial charge in [-0.1, -0.05) is 46.5 Å². The average Bonchev–Trinajstić information content (AvgIpc) is 2.83. The van der Waals surface area contributed by atoms with Crippen LogP contribution in [0.1, 0.15) is 85.0 Å². The molecule has 4 aliphatic rings. The van der Waals surface area contributed by atoms with Gasteiger partial charge in [-0.05, 0) is 67.6 Å². The van der Waals surface area contributed by atoms with Gasteiger partial charge in [-0.25, -0.2) is 0 Å². The Labute approximate surface area is 174 Å². The van der Waals surface area contributed by atoms with E-state index in [9.17, 15) is 24.9 Å². The quantitative estimate of drug-likeness (QED) is 0.613. The Kier molecular flexibility index (Phi) is 5.18. The Hall–Kier alpha value is -0.940. The highest BCUT2D eigenvalue weighted by Crippen LogP contribution is 2.69. The number of carboxylic acids is 1. The molecule has 4 aliphatic carbocycles. The zero-order chi connectivity index (χ0) is 21.2. The van der Waals surface area contributed by atoms with E-state index in [2.05, 4.69) is 20.8 Å². The monoisotopic (exact) mass is 406 g/mol. The minimum Gasteiger partial charge on any atom is -0.481 e. The highest BCUT2D eigenvalue weighted by Gasteiger charge is 2.72. The van der Waals surface area contributed by atoms with Crippen molar-refractivity contribution < 1.29 is 24.9 Å². The predicted molar refractivity (Wildman–Crippen MR) is 109 cm³/mol. The van der Waals surface area contributed by atoms with Crippen molar-refractivity contribution in [1.82, 2.24) is 0 Å². The van der Waals surface area contributed by atoms with Crippen LogP contribution in [-0.4, -0.2) is 32.9 Å². The first-order valence-electron chi connectivity index (χ1n) is 11.8. The fraction of sp³-hybridized carbons (Fsp3) is 0.917. The third-order valence-electron chi connectivity index (χ3n) is 9.78. The molecular formula is C24H38O5. The third-order valence-corrected chi connectivity index (χ3v) is 9.78. The van der Waals surface area contributed by atoms with E-state index >= 15 is 0 Å². The maximum absolute atomic E-state index is 13.3. The summed E-state index contributed by atoms with van der Waals surface area (Å²) >= 11 is 0. The molecule has 0 amide bonds. The first kappa shape index (κ1) is 21.3. The van der Waals surface area contributed by atoms with Gasteiger partial charge in [0.1, 0.15) is 0 Å². The molecule has 0 radical (unpaired) electrons. The molecule has 0 aromatic heterocycles. The fourth-order valence-electron chi connectivity index (χ4n) is 8.88. The van der Waals surface area contributed by atoms with E-state index in [1.165, 1.54) is 0 Å². The first-order valence-corrected chi connectivity index (χ1v) is 11.8. The lowest BCUT2D eigenvalue weighted by atomic mass is 9.43. The molecule has 0 bridgehead atoms. The molecule has 1 unspecified atom stereocenters. The van der Waals surface area contributed by atoms with Crippen LogP contribution in [-0.2, 0) is 9.59 Å². The van der Waals surface area contributed by atoms with Crippen molar-refractivity contribution in [3.8, 4) is 0 Å². The molecule has 8 atom stereocenters. The molecule has 5 nitrogen and oxygen atoms in total. The van der Waals surface area contributed by atoms with Crippen molar-refractivity contribution in [3.05, 3.63) is 0 Å². The van der Waals surface area contributed by atoms with Crippen molar-refractivity contribution >= 4 is 11.8 Å². The zero-order valence-electron chi connectivity index (χ0n) is 18.2. The summed E-state index contributed by atoms with van der Waals surface area (Å²) in [7, 11) is 0. The fourth-order valence-corrected chi connectivity index (χ4v) is 8.88. The van der Waals surface area contributed by atoms with E-state index in [-0.39, 0.29) is 29.6 Å². The van der Waals surface area contributed by atoms with Crippen LogP contribution < -0.4 is 0 Å². The van der Waals surface area contributed by atoms with Crippen molar-refractivity contribution in [3.63, 3.8) is 0 Å². The Bertz CT molecular complexity index is 687. The summed E-state index contributed by atoms with van der Waals surface area (Å²) in [6.45, 7) is 6.24. The van der Waals surface area contributed by atoms with Gasteiger partial charge in [0.25, 0.3) is 0 Å². The number of aliphatic carboxylic acids is 1. The van der Waals surface area contributed by atoms with Gasteiger partial charge < -0.3 is 15.3 Å². The minimum atomic E-state index is -2.33. The average molecular weight is 407 g/mol. The summed E-state index contributed by atoms with van der Waals surface area (Å²) in [4.78, 5) is 25.9. The Balaban J connectivity index is 1.76. The van der Waals surface area contributed by atoms with Crippen molar-refractivity contribution in [1.29, 1.82) is 0 Å². The van der Waals surface area contributed by atoms with Crippen LogP contribution in [0.3, 0.4) is 0 Å². The summed E-state index contributed by atoms with van der Waals surface area (Å²) in [5.41, 5.74) is -1.20. The maximum atomic E-state index is 13.3. The lowest BCUT2D eigenvalue weighted by Gasteiger charge is -2.60. The Morgan fingerprint density at radius 3 is 2.52 bits per heavy atom. The number of carboxylic acid groups (broad SMARTS) is 1. The van der Waals surface area contributed by atoms with E-state index in [1.807, 2.05) is 0 Å². The van der Waals surface area contributed by atoms with Crippen molar-refractivity contribution in [2.24, 2.45) is 46.3 Å². The van der Waals surface area contributed by atoms with Crippen LogP contribution in [0.5, 0.6) is 0 Å². The molecule has 0 aliphatic heterocycles. The van der Waals surface area contributed by atoms with Gasteiger partial charge in [0.2, 0.25) is 5.79 Å². The number of Topliss-reactive ketones (excluding diaryl/α,β-unsaturated/α-hetero) is 1. The lowest BCUT2D eigenvalue weighted by Crippen LogP contribution is -2.60. The molecule has 4 rings (SSSR count). The first-order chi connectivity index (χ1) is 13.6. The second kappa shape index (κ2) is 7.05. The number of carbonyl (C=O) groups is 2. The number of fused-ring (bicyclic) bond motifs is 5. The van der Waals surface area contributed by atoms with E-state index in [4.69, 9.17) is 0 Å². The summed E-state index contributed by atoms with van der Waals surface area (Å²) in [5.74, 6) is -4.19. The molecule has 5 heteroatoms. The van der Waals surface area contributed by atoms with Crippen LogP contribution in [0.25, 0.3) is 0 Å².